The van der Waals surface area contributed by atoms with Crippen molar-refractivity contribution in [2.75, 3.05) is 0 Å². The van der Waals surface area contributed by atoms with Gasteiger partial charge in [-0.05, 0) is 31.2 Å². The lowest BCUT2D eigenvalue weighted by Gasteiger charge is -2.03. The Morgan fingerprint density at radius 1 is 1.28 bits per heavy atom. The fourth-order valence-electron chi connectivity index (χ4n) is 1.30. The molecule has 0 spiro atoms. The molecule has 1 heterocycles. The Balaban J connectivity index is 2.17. The number of nitrogens with zero attached hydrogens (tertiary/aromatic N) is 2. The highest BCUT2D eigenvalue weighted by Crippen LogP contribution is 2.22. The molecular weight excluding hydrogens is 246 g/mol. The third-order valence-corrected chi connectivity index (χ3v) is 2.14. The molecule has 5 nitrogen and oxygen atoms in total. The number of alkyl halides is 2. The second-order valence-corrected chi connectivity index (χ2v) is 3.54. The van der Waals surface area contributed by atoms with Crippen LogP contribution < -0.4 is 4.74 Å². The summed E-state index contributed by atoms with van der Waals surface area (Å²) in [5, 5.41) is 12.8. The van der Waals surface area contributed by atoms with Crippen molar-refractivity contribution in [1.82, 2.24) is 10.1 Å². The lowest BCUT2D eigenvalue weighted by atomic mass is 10.2. The van der Waals surface area contributed by atoms with Crippen LogP contribution in [0.5, 0.6) is 5.75 Å². The second kappa shape index (κ2) is 5.09. The van der Waals surface area contributed by atoms with Gasteiger partial charge >= 0.3 is 6.61 Å². The summed E-state index contributed by atoms with van der Waals surface area (Å²) >= 11 is 0. The van der Waals surface area contributed by atoms with Crippen molar-refractivity contribution in [3.8, 4) is 17.2 Å². The molecular formula is C11H10F2N2O3. The Labute approximate surface area is 101 Å². The molecule has 0 aliphatic heterocycles. The van der Waals surface area contributed by atoms with Gasteiger partial charge in [-0.25, -0.2) is 0 Å². The zero-order valence-corrected chi connectivity index (χ0v) is 9.38. The van der Waals surface area contributed by atoms with Crippen LogP contribution in [-0.2, 0) is 0 Å². The SMILES string of the molecule is CC(O)c1noc(-c2ccc(OC(F)F)cc2)n1. The van der Waals surface area contributed by atoms with E-state index in [1.165, 1.54) is 31.2 Å². The van der Waals surface area contributed by atoms with Crippen LogP contribution in [0.2, 0.25) is 0 Å². The van der Waals surface area contributed by atoms with E-state index in [1.54, 1.807) is 0 Å². The minimum absolute atomic E-state index is 0.0454. The van der Waals surface area contributed by atoms with Crippen LogP contribution in [0.3, 0.4) is 0 Å². The standard InChI is InChI=1S/C11H10F2N2O3/c1-6(16)9-14-10(18-15-9)7-2-4-8(5-3-7)17-11(12)13/h2-6,11,16H,1H3. The average Bonchev–Trinajstić information content (AvgIpc) is 2.78. The van der Waals surface area contributed by atoms with E-state index in [9.17, 15) is 13.9 Å². The Morgan fingerprint density at radius 3 is 2.44 bits per heavy atom. The Bertz CT molecular complexity index is 511. The first-order valence-electron chi connectivity index (χ1n) is 5.13. The first kappa shape index (κ1) is 12.4. The fourth-order valence-corrected chi connectivity index (χ4v) is 1.30. The first-order chi connectivity index (χ1) is 8.56. The van der Waals surface area contributed by atoms with E-state index in [0.717, 1.165) is 0 Å². The van der Waals surface area contributed by atoms with Crippen molar-refractivity contribution in [3.05, 3.63) is 30.1 Å². The van der Waals surface area contributed by atoms with E-state index in [4.69, 9.17) is 4.52 Å². The van der Waals surface area contributed by atoms with Gasteiger partial charge in [-0.3, -0.25) is 0 Å². The van der Waals surface area contributed by atoms with Crippen molar-refractivity contribution < 1.29 is 23.1 Å². The minimum atomic E-state index is -2.86. The summed E-state index contributed by atoms with van der Waals surface area (Å²) in [6.07, 6.45) is -0.830. The number of aliphatic hydroxyl groups excluding tert-OH is 1. The monoisotopic (exact) mass is 256 g/mol. The van der Waals surface area contributed by atoms with E-state index in [2.05, 4.69) is 14.9 Å². The quantitative estimate of drug-likeness (QED) is 0.909. The lowest BCUT2D eigenvalue weighted by molar-refractivity contribution is -0.0498. The van der Waals surface area contributed by atoms with Crippen molar-refractivity contribution in [2.45, 2.75) is 19.6 Å². The molecule has 96 valence electrons. The summed E-state index contributed by atoms with van der Waals surface area (Å²) in [6.45, 7) is -1.35. The van der Waals surface area contributed by atoms with Crippen LogP contribution in [0, 0.1) is 0 Å². The normalized spacial score (nSPS) is 12.7. The molecule has 0 radical (unpaired) electrons. The molecule has 7 heteroatoms. The van der Waals surface area contributed by atoms with Crippen molar-refractivity contribution in [3.63, 3.8) is 0 Å². The summed E-state index contributed by atoms with van der Waals surface area (Å²) in [5.74, 6) is 0.413. The van der Waals surface area contributed by atoms with Crippen LogP contribution in [0.4, 0.5) is 8.78 Å². The summed E-state index contributed by atoms with van der Waals surface area (Å²) in [7, 11) is 0. The van der Waals surface area contributed by atoms with Gasteiger partial charge in [0.1, 0.15) is 11.9 Å². The predicted molar refractivity (Wildman–Crippen MR) is 57.0 cm³/mol. The molecule has 0 bridgehead atoms. The first-order valence-corrected chi connectivity index (χ1v) is 5.13. The van der Waals surface area contributed by atoms with Gasteiger partial charge < -0.3 is 14.4 Å². The maximum absolute atomic E-state index is 11.9. The Hall–Kier alpha value is -2.02. The number of rotatable bonds is 4. The summed E-state index contributed by atoms with van der Waals surface area (Å²) in [4.78, 5) is 3.95. The zero-order valence-electron chi connectivity index (χ0n) is 9.38. The smallest absolute Gasteiger partial charge is 0.387 e. The average molecular weight is 256 g/mol. The zero-order chi connectivity index (χ0) is 13.1. The molecule has 0 fully saturated rings. The van der Waals surface area contributed by atoms with Gasteiger partial charge in [0, 0.05) is 5.56 Å². The molecule has 1 aromatic carbocycles. The van der Waals surface area contributed by atoms with Crippen molar-refractivity contribution in [2.24, 2.45) is 0 Å². The van der Waals surface area contributed by atoms with E-state index < -0.39 is 12.7 Å². The number of aromatic nitrogens is 2. The third-order valence-electron chi connectivity index (χ3n) is 2.14. The van der Waals surface area contributed by atoms with Gasteiger partial charge in [0.25, 0.3) is 5.89 Å². The van der Waals surface area contributed by atoms with Gasteiger partial charge in [-0.2, -0.15) is 13.8 Å². The molecule has 1 N–H and O–H groups in total. The maximum Gasteiger partial charge on any atom is 0.387 e. The van der Waals surface area contributed by atoms with E-state index >= 15 is 0 Å². The summed E-state index contributed by atoms with van der Waals surface area (Å²) in [6, 6.07) is 5.76. The number of aliphatic hydroxyl groups is 1. The van der Waals surface area contributed by atoms with Crippen LogP contribution in [0.25, 0.3) is 11.5 Å². The third kappa shape index (κ3) is 2.80. The summed E-state index contributed by atoms with van der Waals surface area (Å²) in [5.41, 5.74) is 0.552. The van der Waals surface area contributed by atoms with Crippen LogP contribution >= 0.6 is 0 Å². The second-order valence-electron chi connectivity index (χ2n) is 3.54. The molecule has 0 saturated carbocycles. The van der Waals surface area contributed by atoms with Crippen LogP contribution in [0.15, 0.2) is 28.8 Å². The molecule has 0 saturated heterocycles. The van der Waals surface area contributed by atoms with E-state index in [0.29, 0.717) is 5.56 Å². The fraction of sp³-hybridized carbons (Fsp3) is 0.273. The molecule has 0 aliphatic rings. The summed E-state index contributed by atoms with van der Waals surface area (Å²) < 4.78 is 33.0. The van der Waals surface area contributed by atoms with Crippen LogP contribution in [-0.4, -0.2) is 21.9 Å². The van der Waals surface area contributed by atoms with Gasteiger partial charge in [0.15, 0.2) is 5.82 Å². The highest BCUT2D eigenvalue weighted by atomic mass is 19.3. The topological polar surface area (TPSA) is 68.4 Å². The highest BCUT2D eigenvalue weighted by Gasteiger charge is 2.12. The number of ether oxygens (including phenoxy) is 1. The number of benzene rings is 1. The predicted octanol–water partition coefficient (Wildman–Crippen LogP) is 2.39. The molecule has 1 aromatic heterocycles. The van der Waals surface area contributed by atoms with Gasteiger partial charge in [-0.15, -0.1) is 0 Å². The molecule has 0 amide bonds. The minimum Gasteiger partial charge on any atom is -0.435 e. The van der Waals surface area contributed by atoms with Gasteiger partial charge in [0.2, 0.25) is 0 Å². The van der Waals surface area contributed by atoms with Gasteiger partial charge in [0.05, 0.1) is 0 Å². The van der Waals surface area contributed by atoms with Crippen molar-refractivity contribution >= 4 is 0 Å². The number of hydrogen-bond acceptors (Lipinski definition) is 5. The number of hydrogen-bond donors (Lipinski definition) is 1. The van der Waals surface area contributed by atoms with Crippen LogP contribution in [0.1, 0.15) is 18.9 Å². The van der Waals surface area contributed by atoms with E-state index in [-0.39, 0.29) is 17.5 Å². The molecule has 2 aromatic rings. The molecule has 0 aliphatic carbocycles. The van der Waals surface area contributed by atoms with E-state index in [1.807, 2.05) is 0 Å². The van der Waals surface area contributed by atoms with Crippen molar-refractivity contribution in [1.29, 1.82) is 0 Å². The van der Waals surface area contributed by atoms with Gasteiger partial charge in [-0.1, -0.05) is 5.16 Å². The Morgan fingerprint density at radius 2 is 1.94 bits per heavy atom. The maximum atomic E-state index is 11.9. The highest BCUT2D eigenvalue weighted by molar-refractivity contribution is 5.54. The molecule has 18 heavy (non-hydrogen) atoms. The molecule has 2 rings (SSSR count). The largest absolute Gasteiger partial charge is 0.435 e. The lowest BCUT2D eigenvalue weighted by Crippen LogP contribution is -2.01. The molecule has 1 unspecified atom stereocenters. The number of halogens is 2. The Kier molecular flexibility index (Phi) is 3.52. The molecule has 1 atom stereocenters.